The summed E-state index contributed by atoms with van der Waals surface area (Å²) >= 11 is 0. The molecule has 2 unspecified atom stereocenters. The fourth-order valence-corrected chi connectivity index (χ4v) is 3.21. The van der Waals surface area contributed by atoms with Gasteiger partial charge in [0.2, 0.25) is 0 Å². The summed E-state index contributed by atoms with van der Waals surface area (Å²) in [6.45, 7) is 4.88. The highest BCUT2D eigenvalue weighted by Crippen LogP contribution is 2.25. The molecular formula is C18H19NO4. The van der Waals surface area contributed by atoms with Gasteiger partial charge in [0.1, 0.15) is 0 Å². The number of ether oxygens (including phenoxy) is 1. The Balaban J connectivity index is 2.09. The van der Waals surface area contributed by atoms with E-state index in [-0.39, 0.29) is 23.7 Å². The Kier molecular flexibility index (Phi) is 4.05. The molecule has 2 atom stereocenters. The molecule has 2 aromatic carbocycles. The fraction of sp³-hybridized carbons (Fsp3) is 0.333. The number of hydrogen-bond acceptors (Lipinski definition) is 3. The van der Waals surface area contributed by atoms with Crippen molar-refractivity contribution in [3.8, 4) is 0 Å². The summed E-state index contributed by atoms with van der Waals surface area (Å²) in [4.78, 5) is 26.2. The van der Waals surface area contributed by atoms with Gasteiger partial charge >= 0.3 is 5.97 Å². The van der Waals surface area contributed by atoms with E-state index in [4.69, 9.17) is 4.74 Å². The minimum absolute atomic E-state index is 0.0309. The van der Waals surface area contributed by atoms with Crippen molar-refractivity contribution in [1.29, 1.82) is 0 Å². The summed E-state index contributed by atoms with van der Waals surface area (Å²) in [5.74, 6) is -1.18. The number of morpholine rings is 1. The van der Waals surface area contributed by atoms with Crippen LogP contribution in [-0.4, -0.2) is 47.2 Å². The first kappa shape index (κ1) is 15.5. The molecule has 0 aromatic heterocycles. The van der Waals surface area contributed by atoms with Crippen molar-refractivity contribution < 1.29 is 19.4 Å². The minimum atomic E-state index is -1.03. The van der Waals surface area contributed by atoms with Crippen LogP contribution in [0.25, 0.3) is 10.8 Å². The predicted molar refractivity (Wildman–Crippen MR) is 86.8 cm³/mol. The summed E-state index contributed by atoms with van der Waals surface area (Å²) in [7, 11) is 0. The van der Waals surface area contributed by atoms with Gasteiger partial charge in [0, 0.05) is 24.0 Å². The Labute approximate surface area is 134 Å². The Morgan fingerprint density at radius 2 is 1.61 bits per heavy atom. The maximum atomic E-state index is 13.0. The molecule has 120 valence electrons. The van der Waals surface area contributed by atoms with E-state index in [1.807, 2.05) is 26.0 Å². The Bertz CT molecular complexity index is 755. The maximum Gasteiger partial charge on any atom is 0.336 e. The first-order chi connectivity index (χ1) is 11.0. The third-order valence-corrected chi connectivity index (χ3v) is 4.07. The lowest BCUT2D eigenvalue weighted by atomic mass is 9.98. The lowest BCUT2D eigenvalue weighted by Crippen LogP contribution is -2.48. The molecule has 2 aromatic rings. The molecule has 0 bridgehead atoms. The quantitative estimate of drug-likeness (QED) is 0.926. The number of nitrogens with zero attached hydrogens (tertiary/aromatic N) is 1. The molecule has 1 amide bonds. The number of rotatable bonds is 2. The van der Waals surface area contributed by atoms with Crippen molar-refractivity contribution in [2.45, 2.75) is 26.1 Å². The number of carbonyl (C=O) groups excluding carboxylic acids is 1. The molecule has 0 aliphatic carbocycles. The smallest absolute Gasteiger partial charge is 0.336 e. The van der Waals surface area contributed by atoms with Gasteiger partial charge in [-0.1, -0.05) is 24.3 Å². The first-order valence-electron chi connectivity index (χ1n) is 7.67. The Morgan fingerprint density at radius 1 is 1.04 bits per heavy atom. The maximum absolute atomic E-state index is 13.0. The minimum Gasteiger partial charge on any atom is -0.478 e. The molecular weight excluding hydrogens is 294 g/mol. The highest BCUT2D eigenvalue weighted by Gasteiger charge is 2.28. The van der Waals surface area contributed by atoms with E-state index < -0.39 is 5.97 Å². The van der Waals surface area contributed by atoms with Crippen LogP contribution < -0.4 is 0 Å². The second-order valence-corrected chi connectivity index (χ2v) is 5.98. The first-order valence-corrected chi connectivity index (χ1v) is 7.67. The van der Waals surface area contributed by atoms with Crippen LogP contribution in [-0.2, 0) is 4.74 Å². The zero-order chi connectivity index (χ0) is 16.6. The summed E-state index contributed by atoms with van der Waals surface area (Å²) in [5.41, 5.74) is 0.586. The number of hydrogen-bond donors (Lipinski definition) is 1. The highest BCUT2D eigenvalue weighted by molar-refractivity contribution is 6.14. The van der Waals surface area contributed by atoms with Gasteiger partial charge in [-0.25, -0.2) is 4.79 Å². The lowest BCUT2D eigenvalue weighted by Gasteiger charge is -2.35. The molecule has 3 rings (SSSR count). The molecule has 1 heterocycles. The van der Waals surface area contributed by atoms with Gasteiger partial charge in [0.25, 0.3) is 5.91 Å². The molecule has 1 fully saturated rings. The molecule has 5 heteroatoms. The van der Waals surface area contributed by atoms with Crippen molar-refractivity contribution in [1.82, 2.24) is 4.90 Å². The highest BCUT2D eigenvalue weighted by atomic mass is 16.5. The normalized spacial score (nSPS) is 21.4. The van der Waals surface area contributed by atoms with Gasteiger partial charge in [-0.05, 0) is 31.4 Å². The van der Waals surface area contributed by atoms with E-state index in [2.05, 4.69) is 0 Å². The molecule has 1 aliphatic heterocycles. The molecule has 0 saturated carbocycles. The lowest BCUT2D eigenvalue weighted by molar-refractivity contribution is -0.0585. The number of aromatic carboxylic acids is 1. The standard InChI is InChI=1S/C18H19NO4/c1-11-9-19(10-12(2)23-11)17(20)14-7-3-5-13-6-4-8-15(16(13)14)18(21)22/h3-8,11-12H,9-10H2,1-2H3,(H,21,22). The van der Waals surface area contributed by atoms with Gasteiger partial charge in [0.05, 0.1) is 17.8 Å². The van der Waals surface area contributed by atoms with Crippen molar-refractivity contribution >= 4 is 22.6 Å². The summed E-state index contributed by atoms with van der Waals surface area (Å²) in [6, 6.07) is 10.4. The van der Waals surface area contributed by atoms with Crippen LogP contribution in [0, 0.1) is 0 Å². The van der Waals surface area contributed by atoms with Crippen LogP contribution in [0.3, 0.4) is 0 Å². The second-order valence-electron chi connectivity index (χ2n) is 5.98. The van der Waals surface area contributed by atoms with E-state index >= 15 is 0 Å². The van der Waals surface area contributed by atoms with Crippen molar-refractivity contribution in [3.63, 3.8) is 0 Å². The van der Waals surface area contributed by atoms with Crippen LogP contribution in [0.15, 0.2) is 36.4 Å². The summed E-state index contributed by atoms with van der Waals surface area (Å²) in [5, 5.41) is 10.7. The SMILES string of the molecule is CC1CN(C(=O)c2cccc3cccc(C(=O)O)c23)CC(C)O1. The van der Waals surface area contributed by atoms with E-state index in [1.54, 1.807) is 23.1 Å². The average molecular weight is 313 g/mol. The average Bonchev–Trinajstić information content (AvgIpc) is 2.52. The number of benzene rings is 2. The third-order valence-electron chi connectivity index (χ3n) is 4.07. The number of amides is 1. The van der Waals surface area contributed by atoms with Crippen LogP contribution >= 0.6 is 0 Å². The molecule has 0 radical (unpaired) electrons. The van der Waals surface area contributed by atoms with E-state index in [1.165, 1.54) is 6.07 Å². The molecule has 5 nitrogen and oxygen atoms in total. The largest absolute Gasteiger partial charge is 0.478 e. The zero-order valence-electron chi connectivity index (χ0n) is 13.2. The van der Waals surface area contributed by atoms with E-state index in [9.17, 15) is 14.7 Å². The third kappa shape index (κ3) is 2.92. The van der Waals surface area contributed by atoms with Gasteiger partial charge < -0.3 is 14.7 Å². The number of carboxylic acids is 1. The summed E-state index contributed by atoms with van der Waals surface area (Å²) in [6.07, 6.45) is -0.0618. The van der Waals surface area contributed by atoms with E-state index in [0.29, 0.717) is 24.0 Å². The van der Waals surface area contributed by atoms with Crippen LogP contribution in [0.1, 0.15) is 34.6 Å². The monoisotopic (exact) mass is 313 g/mol. The zero-order valence-corrected chi connectivity index (χ0v) is 13.2. The number of carboxylic acid groups (broad SMARTS) is 1. The molecule has 23 heavy (non-hydrogen) atoms. The van der Waals surface area contributed by atoms with Crippen molar-refractivity contribution in [2.24, 2.45) is 0 Å². The van der Waals surface area contributed by atoms with Crippen molar-refractivity contribution in [3.05, 3.63) is 47.5 Å². The number of carbonyl (C=O) groups is 2. The molecule has 0 spiro atoms. The topological polar surface area (TPSA) is 66.8 Å². The van der Waals surface area contributed by atoms with E-state index in [0.717, 1.165) is 5.39 Å². The molecule has 1 saturated heterocycles. The molecule has 1 N–H and O–H groups in total. The predicted octanol–water partition coefficient (Wildman–Crippen LogP) is 2.79. The van der Waals surface area contributed by atoms with Gasteiger partial charge in [-0.2, -0.15) is 0 Å². The Morgan fingerprint density at radius 3 is 2.17 bits per heavy atom. The van der Waals surface area contributed by atoms with Gasteiger partial charge in [0.15, 0.2) is 0 Å². The van der Waals surface area contributed by atoms with Crippen LogP contribution in [0.2, 0.25) is 0 Å². The van der Waals surface area contributed by atoms with Gasteiger partial charge in [-0.3, -0.25) is 4.79 Å². The van der Waals surface area contributed by atoms with Crippen LogP contribution in [0.5, 0.6) is 0 Å². The Hall–Kier alpha value is -2.40. The fourth-order valence-electron chi connectivity index (χ4n) is 3.21. The van der Waals surface area contributed by atoms with Gasteiger partial charge in [-0.15, -0.1) is 0 Å². The van der Waals surface area contributed by atoms with Crippen LogP contribution in [0.4, 0.5) is 0 Å². The number of fused-ring (bicyclic) bond motifs is 1. The second kappa shape index (κ2) is 6.01. The molecule has 1 aliphatic rings. The van der Waals surface area contributed by atoms with Crippen molar-refractivity contribution in [2.75, 3.05) is 13.1 Å². The summed E-state index contributed by atoms with van der Waals surface area (Å²) < 4.78 is 5.66.